The molecule has 4 rings (SSSR count). The van der Waals surface area contributed by atoms with Crippen molar-refractivity contribution in [3.05, 3.63) is 59.9 Å². The lowest BCUT2D eigenvalue weighted by Gasteiger charge is -2.30. The van der Waals surface area contributed by atoms with Crippen LogP contribution in [0.25, 0.3) is 0 Å². The Morgan fingerprint density at radius 1 is 1.08 bits per heavy atom. The number of rotatable bonds is 9. The lowest BCUT2D eigenvalue weighted by atomic mass is 10.1. The van der Waals surface area contributed by atoms with Crippen molar-refractivity contribution in [1.82, 2.24) is 9.80 Å². The van der Waals surface area contributed by atoms with Gasteiger partial charge in [-0.3, -0.25) is 19.4 Å². The molecule has 2 saturated heterocycles. The molecule has 1 N–H and O–H groups in total. The van der Waals surface area contributed by atoms with E-state index in [0.717, 1.165) is 13.1 Å². The van der Waals surface area contributed by atoms with Crippen LogP contribution in [-0.2, 0) is 19.1 Å². The van der Waals surface area contributed by atoms with Crippen molar-refractivity contribution >= 4 is 46.5 Å². The Labute approximate surface area is 220 Å². The van der Waals surface area contributed by atoms with Gasteiger partial charge in [-0.15, -0.1) is 0 Å². The molecule has 0 saturated carbocycles. The molecule has 2 aliphatic heterocycles. The van der Waals surface area contributed by atoms with E-state index in [1.165, 1.54) is 29.2 Å². The first-order valence-corrected chi connectivity index (χ1v) is 12.6. The molecule has 0 spiro atoms. The number of hydrogen-bond acceptors (Lipinski definition) is 7. The Morgan fingerprint density at radius 2 is 1.76 bits per heavy atom. The predicted octanol–water partition coefficient (Wildman–Crippen LogP) is 2.67. The van der Waals surface area contributed by atoms with Crippen LogP contribution in [0, 0.1) is 5.82 Å². The number of thiocarbonyl (C=S) groups is 1. The van der Waals surface area contributed by atoms with Gasteiger partial charge in [0.1, 0.15) is 11.9 Å². The van der Waals surface area contributed by atoms with E-state index < -0.39 is 17.8 Å². The van der Waals surface area contributed by atoms with Crippen LogP contribution in [0.4, 0.5) is 15.8 Å². The summed E-state index contributed by atoms with van der Waals surface area (Å²) in [6.07, 6.45) is -0.128. The molecular weight excluding hydrogens is 499 g/mol. The summed E-state index contributed by atoms with van der Waals surface area (Å²) in [4.78, 5) is 43.9. The van der Waals surface area contributed by atoms with E-state index >= 15 is 0 Å². The second-order valence-electron chi connectivity index (χ2n) is 8.65. The maximum atomic E-state index is 13.6. The number of hydrogen-bond donors (Lipinski definition) is 1. The van der Waals surface area contributed by atoms with Crippen LogP contribution in [-0.4, -0.2) is 84.7 Å². The van der Waals surface area contributed by atoms with Crippen molar-refractivity contribution in [1.29, 1.82) is 0 Å². The monoisotopic (exact) mass is 528 g/mol. The molecule has 0 aromatic heterocycles. The first-order chi connectivity index (χ1) is 17.9. The fourth-order valence-electron chi connectivity index (χ4n) is 4.28. The van der Waals surface area contributed by atoms with Crippen LogP contribution in [0.3, 0.4) is 0 Å². The highest BCUT2D eigenvalue weighted by atomic mass is 32.1. The average Bonchev–Trinajstić information content (AvgIpc) is 3.13. The van der Waals surface area contributed by atoms with Gasteiger partial charge in [0.05, 0.1) is 37.5 Å². The van der Waals surface area contributed by atoms with Gasteiger partial charge in [0.15, 0.2) is 5.11 Å². The van der Waals surface area contributed by atoms with E-state index in [-0.39, 0.29) is 24.8 Å². The molecule has 2 amide bonds. The normalized spacial score (nSPS) is 18.3. The Bertz CT molecular complexity index is 1140. The topological polar surface area (TPSA) is 91.4 Å². The maximum absolute atomic E-state index is 13.6. The Kier molecular flexibility index (Phi) is 8.80. The van der Waals surface area contributed by atoms with Crippen LogP contribution in [0.2, 0.25) is 0 Å². The van der Waals surface area contributed by atoms with Gasteiger partial charge in [0, 0.05) is 31.9 Å². The number of esters is 1. The molecule has 196 valence electrons. The van der Waals surface area contributed by atoms with Gasteiger partial charge in [-0.05, 0) is 67.7 Å². The van der Waals surface area contributed by atoms with Gasteiger partial charge in [-0.2, -0.15) is 0 Å². The van der Waals surface area contributed by atoms with E-state index in [2.05, 4.69) is 10.2 Å². The minimum absolute atomic E-state index is 0.128. The molecule has 0 aliphatic carbocycles. The molecule has 1 atom stereocenters. The lowest BCUT2D eigenvalue weighted by Crippen LogP contribution is -2.45. The average molecular weight is 529 g/mol. The van der Waals surface area contributed by atoms with Gasteiger partial charge < -0.3 is 19.7 Å². The standard InChI is InChI=1S/C26H29FN4O5S/c1-2-36-25(34)18-3-9-21(10-4-18)31-24(33)22(17-23(32)28-20-7-5-19(27)6-8-20)30(26(31)37)12-11-29-13-15-35-16-14-29/h3-10,22H,2,11-17H2,1H3,(H,28,32)/t22-/m0/s1. The SMILES string of the molecule is CCOC(=O)c1ccc(N2C(=O)[C@H](CC(=O)Nc3ccc(F)cc3)N(CCN3CCOCC3)C2=S)cc1. The first kappa shape index (κ1) is 26.6. The fraction of sp³-hybridized carbons (Fsp3) is 0.385. The van der Waals surface area contributed by atoms with Crippen molar-refractivity contribution in [2.75, 3.05) is 56.2 Å². The van der Waals surface area contributed by atoms with E-state index in [4.69, 9.17) is 21.7 Å². The summed E-state index contributed by atoms with van der Waals surface area (Å²) in [6, 6.07) is 11.0. The summed E-state index contributed by atoms with van der Waals surface area (Å²) in [6.45, 7) is 5.95. The Balaban J connectivity index is 1.52. The number of nitrogens with one attached hydrogen (secondary N) is 1. The third-order valence-electron chi connectivity index (χ3n) is 6.22. The number of ether oxygens (including phenoxy) is 2. The number of morpholine rings is 1. The summed E-state index contributed by atoms with van der Waals surface area (Å²) in [5.74, 6) is -1.58. The lowest BCUT2D eigenvalue weighted by molar-refractivity contribution is -0.124. The molecule has 2 heterocycles. The Morgan fingerprint density at radius 3 is 2.41 bits per heavy atom. The van der Waals surface area contributed by atoms with E-state index in [1.54, 1.807) is 36.1 Å². The smallest absolute Gasteiger partial charge is 0.338 e. The largest absolute Gasteiger partial charge is 0.462 e. The highest BCUT2D eigenvalue weighted by Crippen LogP contribution is 2.28. The number of anilines is 2. The van der Waals surface area contributed by atoms with Crippen LogP contribution in [0.15, 0.2) is 48.5 Å². The highest BCUT2D eigenvalue weighted by molar-refractivity contribution is 7.80. The number of carbonyl (C=O) groups is 3. The Hall–Kier alpha value is -3.41. The van der Waals surface area contributed by atoms with E-state index in [9.17, 15) is 18.8 Å². The molecule has 0 unspecified atom stereocenters. The zero-order valence-electron chi connectivity index (χ0n) is 20.5. The molecule has 37 heavy (non-hydrogen) atoms. The minimum atomic E-state index is -0.807. The summed E-state index contributed by atoms with van der Waals surface area (Å²) in [7, 11) is 0. The molecule has 11 heteroatoms. The zero-order chi connectivity index (χ0) is 26.4. The minimum Gasteiger partial charge on any atom is -0.462 e. The van der Waals surface area contributed by atoms with Gasteiger partial charge in [-0.1, -0.05) is 0 Å². The molecule has 2 fully saturated rings. The van der Waals surface area contributed by atoms with Crippen molar-refractivity contribution in [2.45, 2.75) is 19.4 Å². The maximum Gasteiger partial charge on any atom is 0.338 e. The van der Waals surface area contributed by atoms with Crippen LogP contribution >= 0.6 is 12.2 Å². The second kappa shape index (κ2) is 12.2. The summed E-state index contributed by atoms with van der Waals surface area (Å²) >= 11 is 5.71. The highest BCUT2D eigenvalue weighted by Gasteiger charge is 2.44. The predicted molar refractivity (Wildman–Crippen MR) is 140 cm³/mol. The van der Waals surface area contributed by atoms with Gasteiger partial charge in [0.25, 0.3) is 5.91 Å². The summed E-state index contributed by atoms with van der Waals surface area (Å²) in [5.41, 5.74) is 1.30. The molecular formula is C26H29FN4O5S. The molecule has 0 bridgehead atoms. The third-order valence-corrected chi connectivity index (χ3v) is 6.64. The van der Waals surface area contributed by atoms with Gasteiger partial charge in [-0.25, -0.2) is 9.18 Å². The molecule has 2 aliphatic rings. The number of nitrogens with zero attached hydrogens (tertiary/aromatic N) is 3. The number of amides is 2. The van der Waals surface area contributed by atoms with Gasteiger partial charge >= 0.3 is 5.97 Å². The number of halogens is 1. The van der Waals surface area contributed by atoms with E-state index in [0.29, 0.717) is 48.4 Å². The summed E-state index contributed by atoms with van der Waals surface area (Å²) in [5, 5.41) is 3.01. The number of benzene rings is 2. The van der Waals surface area contributed by atoms with Crippen molar-refractivity contribution in [3.8, 4) is 0 Å². The quantitative estimate of drug-likeness (QED) is 0.393. The molecule has 2 aromatic carbocycles. The van der Waals surface area contributed by atoms with Gasteiger partial charge in [0.2, 0.25) is 5.91 Å². The molecule has 9 nitrogen and oxygen atoms in total. The van der Waals surface area contributed by atoms with Crippen molar-refractivity contribution in [3.63, 3.8) is 0 Å². The van der Waals surface area contributed by atoms with E-state index in [1.807, 2.05) is 0 Å². The molecule has 0 radical (unpaired) electrons. The second-order valence-corrected chi connectivity index (χ2v) is 9.01. The first-order valence-electron chi connectivity index (χ1n) is 12.1. The van der Waals surface area contributed by atoms with Crippen LogP contribution in [0.1, 0.15) is 23.7 Å². The van der Waals surface area contributed by atoms with Crippen molar-refractivity contribution in [2.24, 2.45) is 0 Å². The fourth-order valence-corrected chi connectivity index (χ4v) is 4.69. The number of carbonyl (C=O) groups excluding carboxylic acids is 3. The zero-order valence-corrected chi connectivity index (χ0v) is 21.3. The summed E-state index contributed by atoms with van der Waals surface area (Å²) < 4.78 is 23.7. The van der Waals surface area contributed by atoms with Crippen LogP contribution < -0.4 is 10.2 Å². The van der Waals surface area contributed by atoms with Crippen LogP contribution in [0.5, 0.6) is 0 Å². The third kappa shape index (κ3) is 6.48. The van der Waals surface area contributed by atoms with Crippen molar-refractivity contribution < 1.29 is 28.2 Å². The molecule has 2 aromatic rings.